The standard InChI is InChI=1S/C17H14BrOP/c1-20(19)16-11-8-12-4-2-3-5-15(12)17(16)13-6-9-14(18)10-7-13/h2-11,20H,1H3. The molecule has 3 rings (SSSR count). The average Bonchev–Trinajstić information content (AvgIpc) is 2.47. The Morgan fingerprint density at radius 3 is 2.30 bits per heavy atom. The number of hydrogen-bond acceptors (Lipinski definition) is 1. The van der Waals surface area contributed by atoms with Crippen molar-refractivity contribution >= 4 is 39.8 Å². The number of benzene rings is 3. The first-order chi connectivity index (χ1) is 9.66. The SMILES string of the molecule is C[PH](=O)c1ccc2ccccc2c1-c1ccc(Br)cc1. The molecule has 0 aromatic heterocycles. The van der Waals surface area contributed by atoms with E-state index in [1.165, 1.54) is 5.39 Å². The summed E-state index contributed by atoms with van der Waals surface area (Å²) in [6.45, 7) is 1.80. The fourth-order valence-corrected chi connectivity index (χ4v) is 3.71. The number of hydrogen-bond donors (Lipinski definition) is 0. The van der Waals surface area contributed by atoms with Gasteiger partial charge in [0.15, 0.2) is 0 Å². The lowest BCUT2D eigenvalue weighted by Gasteiger charge is -2.12. The minimum absolute atomic E-state index is 0.955. The maximum absolute atomic E-state index is 12.1. The molecule has 0 saturated carbocycles. The predicted octanol–water partition coefficient (Wildman–Crippen LogP) is 5.08. The molecule has 20 heavy (non-hydrogen) atoms. The minimum atomic E-state index is -1.75. The van der Waals surface area contributed by atoms with Crippen molar-refractivity contribution in [1.29, 1.82) is 0 Å². The van der Waals surface area contributed by atoms with E-state index in [4.69, 9.17) is 0 Å². The molecule has 1 unspecified atom stereocenters. The molecule has 0 aliphatic carbocycles. The Morgan fingerprint density at radius 2 is 1.60 bits per heavy atom. The van der Waals surface area contributed by atoms with Gasteiger partial charge in [0.2, 0.25) is 0 Å². The van der Waals surface area contributed by atoms with Crippen LogP contribution in [0, 0.1) is 0 Å². The van der Waals surface area contributed by atoms with Crippen molar-refractivity contribution in [3.8, 4) is 11.1 Å². The summed E-state index contributed by atoms with van der Waals surface area (Å²) in [4.78, 5) is 0. The molecule has 0 spiro atoms. The van der Waals surface area contributed by atoms with Gasteiger partial charge >= 0.3 is 0 Å². The van der Waals surface area contributed by atoms with Crippen molar-refractivity contribution in [1.82, 2.24) is 0 Å². The summed E-state index contributed by atoms with van der Waals surface area (Å²) >= 11 is 3.46. The lowest BCUT2D eigenvalue weighted by atomic mass is 9.98. The van der Waals surface area contributed by atoms with Crippen LogP contribution in [0.3, 0.4) is 0 Å². The monoisotopic (exact) mass is 344 g/mol. The zero-order valence-electron chi connectivity index (χ0n) is 11.1. The number of rotatable bonds is 2. The van der Waals surface area contributed by atoms with Gasteiger partial charge in [-0.05, 0) is 40.7 Å². The maximum atomic E-state index is 12.1. The fourth-order valence-electron chi connectivity index (χ4n) is 2.49. The third-order valence-electron chi connectivity index (χ3n) is 3.44. The van der Waals surface area contributed by atoms with E-state index in [1.807, 2.05) is 30.3 Å². The Morgan fingerprint density at radius 1 is 0.900 bits per heavy atom. The Labute approximate surface area is 127 Å². The van der Waals surface area contributed by atoms with Gasteiger partial charge in [0.05, 0.1) is 0 Å². The van der Waals surface area contributed by atoms with Gasteiger partial charge in [0, 0.05) is 9.78 Å². The van der Waals surface area contributed by atoms with Crippen molar-refractivity contribution in [2.24, 2.45) is 0 Å². The molecule has 3 aromatic rings. The summed E-state index contributed by atoms with van der Waals surface area (Å²) in [5.74, 6) is 0. The minimum Gasteiger partial charge on any atom is -0.322 e. The Balaban J connectivity index is 2.38. The Hall–Kier alpha value is -1.37. The highest BCUT2D eigenvalue weighted by Gasteiger charge is 2.12. The van der Waals surface area contributed by atoms with Gasteiger partial charge in [0.25, 0.3) is 0 Å². The van der Waals surface area contributed by atoms with Crippen LogP contribution in [-0.2, 0) is 4.57 Å². The highest BCUT2D eigenvalue weighted by molar-refractivity contribution is 9.10. The van der Waals surface area contributed by atoms with Gasteiger partial charge in [-0.3, -0.25) is 0 Å². The highest BCUT2D eigenvalue weighted by Crippen LogP contribution is 2.33. The average molecular weight is 345 g/mol. The smallest absolute Gasteiger partial charge is 0.101 e. The molecule has 3 aromatic carbocycles. The van der Waals surface area contributed by atoms with Gasteiger partial charge in [-0.25, -0.2) is 0 Å². The molecule has 0 fully saturated rings. The van der Waals surface area contributed by atoms with Crippen molar-refractivity contribution in [2.75, 3.05) is 6.66 Å². The zero-order valence-corrected chi connectivity index (χ0v) is 13.6. The summed E-state index contributed by atoms with van der Waals surface area (Å²) in [5.41, 5.74) is 2.21. The maximum Gasteiger partial charge on any atom is 0.101 e. The van der Waals surface area contributed by atoms with Crippen molar-refractivity contribution in [3.05, 3.63) is 65.1 Å². The molecule has 1 atom stereocenters. The van der Waals surface area contributed by atoms with E-state index in [2.05, 4.69) is 46.3 Å². The molecule has 0 saturated heterocycles. The van der Waals surface area contributed by atoms with E-state index >= 15 is 0 Å². The third kappa shape index (κ3) is 2.46. The lowest BCUT2D eigenvalue weighted by Crippen LogP contribution is -2.02. The van der Waals surface area contributed by atoms with Crippen LogP contribution in [0.1, 0.15) is 0 Å². The van der Waals surface area contributed by atoms with Crippen LogP contribution in [0.25, 0.3) is 21.9 Å². The first-order valence-electron chi connectivity index (χ1n) is 6.45. The van der Waals surface area contributed by atoms with Crippen LogP contribution < -0.4 is 5.30 Å². The van der Waals surface area contributed by atoms with E-state index in [1.54, 1.807) is 6.66 Å². The number of fused-ring (bicyclic) bond motifs is 1. The lowest BCUT2D eigenvalue weighted by molar-refractivity contribution is 0.596. The van der Waals surface area contributed by atoms with Crippen LogP contribution in [0.15, 0.2) is 65.1 Å². The van der Waals surface area contributed by atoms with Crippen molar-refractivity contribution in [2.45, 2.75) is 0 Å². The second-order valence-corrected chi connectivity index (χ2v) is 7.34. The van der Waals surface area contributed by atoms with Gasteiger partial charge in [-0.2, -0.15) is 0 Å². The first-order valence-corrected chi connectivity index (χ1v) is 9.15. The summed E-state index contributed by atoms with van der Waals surface area (Å²) in [6.07, 6.45) is 0. The van der Waals surface area contributed by atoms with Crippen molar-refractivity contribution < 1.29 is 4.57 Å². The third-order valence-corrected chi connectivity index (χ3v) is 5.15. The molecule has 0 radical (unpaired) electrons. The van der Waals surface area contributed by atoms with Gasteiger partial charge in [-0.1, -0.05) is 64.5 Å². The molecule has 0 bridgehead atoms. The van der Waals surface area contributed by atoms with Gasteiger partial charge in [-0.15, -0.1) is 0 Å². The van der Waals surface area contributed by atoms with Crippen LogP contribution in [0.5, 0.6) is 0 Å². The first kappa shape index (κ1) is 13.6. The van der Waals surface area contributed by atoms with E-state index in [-0.39, 0.29) is 0 Å². The van der Waals surface area contributed by atoms with Crippen LogP contribution >= 0.6 is 23.7 Å². The molecule has 100 valence electrons. The highest BCUT2D eigenvalue weighted by atomic mass is 79.9. The molecule has 0 aliphatic rings. The van der Waals surface area contributed by atoms with Crippen LogP contribution in [0.2, 0.25) is 0 Å². The Bertz CT molecular complexity index is 794. The summed E-state index contributed by atoms with van der Waals surface area (Å²) in [7, 11) is -1.75. The molecule has 0 aliphatic heterocycles. The van der Waals surface area contributed by atoms with Crippen LogP contribution in [-0.4, -0.2) is 6.66 Å². The van der Waals surface area contributed by atoms with E-state index < -0.39 is 7.80 Å². The Kier molecular flexibility index (Phi) is 3.78. The van der Waals surface area contributed by atoms with E-state index in [0.29, 0.717) is 0 Å². The van der Waals surface area contributed by atoms with Gasteiger partial charge < -0.3 is 4.57 Å². The molecule has 3 heteroatoms. The van der Waals surface area contributed by atoms with E-state index in [9.17, 15) is 4.57 Å². The second-order valence-electron chi connectivity index (χ2n) is 4.77. The molecule has 0 amide bonds. The van der Waals surface area contributed by atoms with Gasteiger partial charge in [0.1, 0.15) is 7.80 Å². The number of halogens is 1. The largest absolute Gasteiger partial charge is 0.322 e. The normalized spacial score (nSPS) is 12.5. The molecule has 0 N–H and O–H groups in total. The van der Waals surface area contributed by atoms with Crippen molar-refractivity contribution in [3.63, 3.8) is 0 Å². The topological polar surface area (TPSA) is 17.1 Å². The molecule has 1 nitrogen and oxygen atoms in total. The molecular weight excluding hydrogens is 331 g/mol. The van der Waals surface area contributed by atoms with Crippen LogP contribution in [0.4, 0.5) is 0 Å². The predicted molar refractivity (Wildman–Crippen MR) is 91.6 cm³/mol. The summed E-state index contributed by atoms with van der Waals surface area (Å²) in [5, 5.41) is 3.29. The van der Waals surface area contributed by atoms with E-state index in [0.717, 1.165) is 26.3 Å². The fraction of sp³-hybridized carbons (Fsp3) is 0.0588. The molecule has 0 heterocycles. The quantitative estimate of drug-likeness (QED) is 0.592. The summed E-state index contributed by atoms with van der Waals surface area (Å²) < 4.78 is 13.2. The molecular formula is C17H14BrOP. The second kappa shape index (κ2) is 5.55. The summed E-state index contributed by atoms with van der Waals surface area (Å²) in [6, 6.07) is 20.5. The zero-order chi connectivity index (χ0) is 14.1.